The standard InChI is InChI=1S/C13H9Cl2N3S3/c1-2-19-10-6-5-8(21-10)7-3-4-9(20-7)11-16-12(14)18-13(15)17-11/h3-6H,2H2,1H3. The zero-order valence-corrected chi connectivity index (χ0v) is 14.8. The summed E-state index contributed by atoms with van der Waals surface area (Å²) in [5.41, 5.74) is 0. The molecule has 0 aliphatic carbocycles. The molecule has 0 unspecified atom stereocenters. The predicted molar refractivity (Wildman–Crippen MR) is 92.9 cm³/mol. The molecule has 0 aromatic carbocycles. The number of nitrogens with zero attached hydrogens (tertiary/aromatic N) is 3. The summed E-state index contributed by atoms with van der Waals surface area (Å²) in [6.45, 7) is 2.15. The van der Waals surface area contributed by atoms with Crippen LogP contribution in [0.15, 0.2) is 28.5 Å². The molecule has 0 spiro atoms. The number of thiophene rings is 2. The lowest BCUT2D eigenvalue weighted by Crippen LogP contribution is -1.91. The molecule has 8 heteroatoms. The molecule has 21 heavy (non-hydrogen) atoms. The molecule has 108 valence electrons. The van der Waals surface area contributed by atoms with Crippen LogP contribution in [0.25, 0.3) is 20.5 Å². The number of rotatable bonds is 4. The maximum Gasteiger partial charge on any atom is 0.227 e. The first-order valence-electron chi connectivity index (χ1n) is 6.06. The van der Waals surface area contributed by atoms with Crippen molar-refractivity contribution in [1.82, 2.24) is 15.0 Å². The van der Waals surface area contributed by atoms with Crippen molar-refractivity contribution < 1.29 is 0 Å². The Morgan fingerprint density at radius 3 is 2.24 bits per heavy atom. The van der Waals surface area contributed by atoms with Crippen molar-refractivity contribution >= 4 is 57.6 Å². The molecule has 0 N–H and O–H groups in total. The highest BCUT2D eigenvalue weighted by molar-refractivity contribution is 8.01. The highest BCUT2D eigenvalue weighted by atomic mass is 35.5. The molecule has 0 fully saturated rings. The second-order valence-corrected chi connectivity index (χ2v) is 8.32. The van der Waals surface area contributed by atoms with E-state index < -0.39 is 0 Å². The largest absolute Gasteiger partial charge is 0.227 e. The van der Waals surface area contributed by atoms with Crippen LogP contribution in [0.3, 0.4) is 0 Å². The summed E-state index contributed by atoms with van der Waals surface area (Å²) in [6.07, 6.45) is 0. The molecule has 3 rings (SSSR count). The first-order chi connectivity index (χ1) is 10.2. The number of halogens is 2. The van der Waals surface area contributed by atoms with Crippen LogP contribution in [0.5, 0.6) is 0 Å². The van der Waals surface area contributed by atoms with E-state index in [1.807, 2.05) is 17.8 Å². The molecule has 0 radical (unpaired) electrons. The molecule has 3 aromatic rings. The maximum atomic E-state index is 5.82. The summed E-state index contributed by atoms with van der Waals surface area (Å²) in [7, 11) is 0. The van der Waals surface area contributed by atoms with Gasteiger partial charge in [-0.1, -0.05) is 6.92 Å². The Morgan fingerprint density at radius 1 is 0.905 bits per heavy atom. The monoisotopic (exact) mass is 373 g/mol. The van der Waals surface area contributed by atoms with Gasteiger partial charge in [-0.3, -0.25) is 0 Å². The van der Waals surface area contributed by atoms with E-state index in [9.17, 15) is 0 Å². The van der Waals surface area contributed by atoms with E-state index >= 15 is 0 Å². The number of hydrogen-bond donors (Lipinski definition) is 0. The first kappa shape index (κ1) is 15.2. The zero-order valence-electron chi connectivity index (χ0n) is 10.8. The Morgan fingerprint density at radius 2 is 1.52 bits per heavy atom. The lowest BCUT2D eigenvalue weighted by atomic mass is 10.3. The Bertz CT molecular complexity index is 749. The molecular formula is C13H9Cl2N3S3. The van der Waals surface area contributed by atoms with Crippen LogP contribution in [-0.4, -0.2) is 20.7 Å². The van der Waals surface area contributed by atoms with Gasteiger partial charge in [-0.25, -0.2) is 0 Å². The van der Waals surface area contributed by atoms with E-state index in [4.69, 9.17) is 23.2 Å². The summed E-state index contributed by atoms with van der Waals surface area (Å²) in [5, 5.41) is 0.218. The van der Waals surface area contributed by atoms with Crippen molar-refractivity contribution in [1.29, 1.82) is 0 Å². The molecule has 0 bridgehead atoms. The van der Waals surface area contributed by atoms with Gasteiger partial charge >= 0.3 is 0 Å². The van der Waals surface area contributed by atoms with Gasteiger partial charge in [-0.05, 0) is 53.2 Å². The fraction of sp³-hybridized carbons (Fsp3) is 0.154. The Balaban J connectivity index is 1.91. The topological polar surface area (TPSA) is 38.7 Å². The number of hydrogen-bond acceptors (Lipinski definition) is 6. The van der Waals surface area contributed by atoms with Crippen LogP contribution in [0.2, 0.25) is 10.6 Å². The lowest BCUT2D eigenvalue weighted by molar-refractivity contribution is 1.06. The third kappa shape index (κ3) is 3.57. The first-order valence-corrected chi connectivity index (χ1v) is 9.43. The van der Waals surface area contributed by atoms with Gasteiger partial charge in [0.2, 0.25) is 10.6 Å². The quantitative estimate of drug-likeness (QED) is 0.545. The normalized spacial score (nSPS) is 11.0. The minimum absolute atomic E-state index is 0.109. The van der Waals surface area contributed by atoms with Gasteiger partial charge in [-0.15, -0.1) is 34.4 Å². The second-order valence-electron chi connectivity index (χ2n) is 3.91. The summed E-state index contributed by atoms with van der Waals surface area (Å²) in [6, 6.07) is 8.35. The van der Waals surface area contributed by atoms with E-state index in [0.717, 1.165) is 10.6 Å². The van der Waals surface area contributed by atoms with Gasteiger partial charge < -0.3 is 0 Å². The van der Waals surface area contributed by atoms with Crippen molar-refractivity contribution in [3.63, 3.8) is 0 Å². The summed E-state index contributed by atoms with van der Waals surface area (Å²) in [4.78, 5) is 15.3. The third-order valence-corrected chi connectivity index (χ3v) is 6.33. The Kier molecular flexibility index (Phi) is 4.81. The van der Waals surface area contributed by atoms with Crippen LogP contribution >= 0.6 is 57.6 Å². The minimum atomic E-state index is 0.109. The molecule has 3 nitrogen and oxygen atoms in total. The smallest absolute Gasteiger partial charge is 0.197 e. The van der Waals surface area contributed by atoms with E-state index in [0.29, 0.717) is 5.82 Å². The van der Waals surface area contributed by atoms with Gasteiger partial charge in [0.1, 0.15) is 0 Å². The van der Waals surface area contributed by atoms with E-state index in [2.05, 4.69) is 40.1 Å². The van der Waals surface area contributed by atoms with E-state index in [1.54, 1.807) is 22.7 Å². The Hall–Kier alpha value is -0.660. The van der Waals surface area contributed by atoms with Crippen LogP contribution < -0.4 is 0 Å². The zero-order chi connectivity index (χ0) is 14.8. The fourth-order valence-electron chi connectivity index (χ4n) is 1.70. The third-order valence-electron chi connectivity index (χ3n) is 2.52. The summed E-state index contributed by atoms with van der Waals surface area (Å²) < 4.78 is 1.33. The lowest BCUT2D eigenvalue weighted by Gasteiger charge is -1.96. The fourth-order valence-corrected chi connectivity index (χ4v) is 5.14. The predicted octanol–water partition coefficient (Wildman–Crippen LogP) is 5.75. The van der Waals surface area contributed by atoms with Gasteiger partial charge in [0.05, 0.1) is 9.09 Å². The van der Waals surface area contributed by atoms with Gasteiger partial charge in [0, 0.05) is 9.75 Å². The molecule has 3 aromatic heterocycles. The maximum absolute atomic E-state index is 5.82. The molecule has 0 saturated heterocycles. The molecule has 3 heterocycles. The number of aromatic nitrogens is 3. The second kappa shape index (κ2) is 6.62. The van der Waals surface area contributed by atoms with Crippen molar-refractivity contribution in [2.75, 3.05) is 5.75 Å². The highest BCUT2D eigenvalue weighted by Crippen LogP contribution is 2.39. The minimum Gasteiger partial charge on any atom is -0.197 e. The van der Waals surface area contributed by atoms with Crippen LogP contribution in [0, 0.1) is 0 Å². The molecule has 0 atom stereocenters. The van der Waals surface area contributed by atoms with Gasteiger partial charge in [0.15, 0.2) is 5.82 Å². The molecule has 0 aliphatic rings. The van der Waals surface area contributed by atoms with Crippen molar-refractivity contribution in [3.8, 4) is 20.5 Å². The number of thioether (sulfide) groups is 1. The van der Waals surface area contributed by atoms with Gasteiger partial charge in [-0.2, -0.15) is 15.0 Å². The summed E-state index contributed by atoms with van der Waals surface area (Å²) >= 11 is 16.9. The van der Waals surface area contributed by atoms with E-state index in [-0.39, 0.29) is 10.6 Å². The van der Waals surface area contributed by atoms with Crippen LogP contribution in [0.4, 0.5) is 0 Å². The highest BCUT2D eigenvalue weighted by Gasteiger charge is 2.11. The van der Waals surface area contributed by atoms with Crippen molar-refractivity contribution in [3.05, 3.63) is 34.8 Å². The average Bonchev–Trinajstić information content (AvgIpc) is 3.06. The SMILES string of the molecule is CCSc1ccc(-c2ccc(-c3nc(Cl)nc(Cl)n3)s2)s1. The molecule has 0 saturated carbocycles. The van der Waals surface area contributed by atoms with E-state index in [1.165, 1.54) is 14.0 Å². The summed E-state index contributed by atoms with van der Waals surface area (Å²) in [5.74, 6) is 1.59. The van der Waals surface area contributed by atoms with Crippen molar-refractivity contribution in [2.45, 2.75) is 11.1 Å². The molecule has 0 amide bonds. The van der Waals surface area contributed by atoms with Crippen molar-refractivity contribution in [2.24, 2.45) is 0 Å². The van der Waals surface area contributed by atoms with Crippen LogP contribution in [-0.2, 0) is 0 Å². The Labute approximate surface area is 144 Å². The van der Waals surface area contributed by atoms with Gasteiger partial charge in [0.25, 0.3) is 0 Å². The van der Waals surface area contributed by atoms with Crippen LogP contribution in [0.1, 0.15) is 6.92 Å². The average molecular weight is 374 g/mol. The molecule has 0 aliphatic heterocycles. The molecular weight excluding hydrogens is 365 g/mol.